The van der Waals surface area contributed by atoms with Crippen molar-refractivity contribution in [1.82, 2.24) is 10.2 Å². The molecule has 14 heavy (non-hydrogen) atoms. The van der Waals surface area contributed by atoms with Gasteiger partial charge in [0.1, 0.15) is 0 Å². The first-order valence-corrected chi connectivity index (χ1v) is 5.77. The maximum absolute atomic E-state index is 11.6. The summed E-state index contributed by atoms with van der Waals surface area (Å²) in [7, 11) is 1.91. The van der Waals surface area contributed by atoms with E-state index in [-0.39, 0.29) is 6.03 Å². The SMILES string of the molecule is CN(CC1CCCC1)C(=O)NC1CC1. The smallest absolute Gasteiger partial charge is 0.317 e. The molecule has 2 saturated carbocycles. The topological polar surface area (TPSA) is 32.3 Å². The third kappa shape index (κ3) is 2.63. The average molecular weight is 196 g/mol. The van der Waals surface area contributed by atoms with E-state index in [9.17, 15) is 4.79 Å². The zero-order valence-corrected chi connectivity index (χ0v) is 8.96. The lowest BCUT2D eigenvalue weighted by atomic mass is 10.1. The van der Waals surface area contributed by atoms with Crippen LogP contribution >= 0.6 is 0 Å². The Bertz CT molecular complexity index is 207. The fraction of sp³-hybridized carbons (Fsp3) is 0.909. The van der Waals surface area contributed by atoms with Gasteiger partial charge in [0.2, 0.25) is 0 Å². The molecule has 80 valence electrons. The molecule has 0 spiro atoms. The van der Waals surface area contributed by atoms with Gasteiger partial charge in [0.25, 0.3) is 0 Å². The summed E-state index contributed by atoms with van der Waals surface area (Å²) in [6.07, 6.45) is 7.65. The van der Waals surface area contributed by atoms with E-state index < -0.39 is 0 Å². The van der Waals surface area contributed by atoms with Crippen molar-refractivity contribution in [1.29, 1.82) is 0 Å². The van der Waals surface area contributed by atoms with Crippen molar-refractivity contribution >= 4 is 6.03 Å². The second-order valence-electron chi connectivity index (χ2n) is 4.75. The quantitative estimate of drug-likeness (QED) is 0.735. The minimum absolute atomic E-state index is 0.124. The molecule has 1 N–H and O–H groups in total. The number of hydrogen-bond donors (Lipinski definition) is 1. The maximum Gasteiger partial charge on any atom is 0.317 e. The maximum atomic E-state index is 11.6. The lowest BCUT2D eigenvalue weighted by Crippen LogP contribution is -2.40. The molecular formula is C11H20N2O. The first kappa shape index (κ1) is 9.81. The number of hydrogen-bond acceptors (Lipinski definition) is 1. The highest BCUT2D eigenvalue weighted by Crippen LogP contribution is 2.25. The molecule has 0 atom stereocenters. The number of urea groups is 1. The summed E-state index contributed by atoms with van der Waals surface area (Å²) in [5.41, 5.74) is 0. The highest BCUT2D eigenvalue weighted by atomic mass is 16.2. The molecule has 3 nitrogen and oxygen atoms in total. The molecule has 0 bridgehead atoms. The minimum atomic E-state index is 0.124. The van der Waals surface area contributed by atoms with Crippen LogP contribution in [0.5, 0.6) is 0 Å². The molecule has 2 rings (SSSR count). The standard InChI is InChI=1S/C11H20N2O/c1-13(8-9-4-2-3-5-9)11(14)12-10-6-7-10/h9-10H,2-8H2,1H3,(H,12,14). The third-order valence-electron chi connectivity index (χ3n) is 3.26. The molecule has 3 heteroatoms. The van der Waals surface area contributed by atoms with Crippen LogP contribution in [0.15, 0.2) is 0 Å². The Balaban J connectivity index is 1.69. The minimum Gasteiger partial charge on any atom is -0.335 e. The fourth-order valence-corrected chi connectivity index (χ4v) is 2.18. The summed E-state index contributed by atoms with van der Waals surface area (Å²) < 4.78 is 0. The van der Waals surface area contributed by atoms with Gasteiger partial charge in [-0.1, -0.05) is 12.8 Å². The highest BCUT2D eigenvalue weighted by molar-refractivity contribution is 5.74. The van der Waals surface area contributed by atoms with Crippen LogP contribution < -0.4 is 5.32 Å². The molecule has 2 amide bonds. The number of rotatable bonds is 3. The van der Waals surface area contributed by atoms with Crippen molar-refractivity contribution in [3.8, 4) is 0 Å². The van der Waals surface area contributed by atoms with Crippen molar-refractivity contribution in [3.63, 3.8) is 0 Å². The van der Waals surface area contributed by atoms with Gasteiger partial charge in [0.05, 0.1) is 0 Å². The van der Waals surface area contributed by atoms with E-state index in [2.05, 4.69) is 5.32 Å². The molecule has 2 fully saturated rings. The van der Waals surface area contributed by atoms with Crippen molar-refractivity contribution < 1.29 is 4.79 Å². The first-order valence-electron chi connectivity index (χ1n) is 5.77. The number of nitrogens with zero attached hydrogens (tertiary/aromatic N) is 1. The summed E-state index contributed by atoms with van der Waals surface area (Å²) in [5.74, 6) is 0.755. The molecule has 0 radical (unpaired) electrons. The number of carbonyl (C=O) groups is 1. The van der Waals surface area contributed by atoms with E-state index in [1.54, 1.807) is 0 Å². The summed E-state index contributed by atoms with van der Waals surface area (Å²) in [4.78, 5) is 13.5. The van der Waals surface area contributed by atoms with Crippen molar-refractivity contribution in [2.75, 3.05) is 13.6 Å². The van der Waals surface area contributed by atoms with Crippen LogP contribution in [-0.4, -0.2) is 30.6 Å². The van der Waals surface area contributed by atoms with E-state index in [0.29, 0.717) is 6.04 Å². The van der Waals surface area contributed by atoms with Crippen LogP contribution in [0.1, 0.15) is 38.5 Å². The van der Waals surface area contributed by atoms with Gasteiger partial charge in [-0.15, -0.1) is 0 Å². The van der Waals surface area contributed by atoms with Gasteiger partial charge in [0.15, 0.2) is 0 Å². The number of nitrogens with one attached hydrogen (secondary N) is 1. The molecule has 0 heterocycles. The zero-order chi connectivity index (χ0) is 9.97. The molecule has 0 aromatic carbocycles. The van der Waals surface area contributed by atoms with E-state index in [1.165, 1.54) is 38.5 Å². The normalized spacial score (nSPS) is 22.4. The van der Waals surface area contributed by atoms with Gasteiger partial charge in [-0.25, -0.2) is 4.79 Å². The largest absolute Gasteiger partial charge is 0.335 e. The lowest BCUT2D eigenvalue weighted by molar-refractivity contribution is 0.200. The predicted molar refractivity (Wildman–Crippen MR) is 56.1 cm³/mol. The average Bonchev–Trinajstić information content (AvgIpc) is 2.81. The van der Waals surface area contributed by atoms with Gasteiger partial charge in [0, 0.05) is 19.6 Å². The first-order chi connectivity index (χ1) is 6.75. The molecule has 0 aromatic heterocycles. The Hall–Kier alpha value is -0.730. The van der Waals surface area contributed by atoms with Crippen molar-refractivity contribution in [2.24, 2.45) is 5.92 Å². The molecule has 0 saturated heterocycles. The second-order valence-corrected chi connectivity index (χ2v) is 4.75. The van der Waals surface area contributed by atoms with Gasteiger partial charge in [-0.05, 0) is 31.6 Å². The van der Waals surface area contributed by atoms with E-state index >= 15 is 0 Å². The highest BCUT2D eigenvalue weighted by Gasteiger charge is 2.26. The monoisotopic (exact) mass is 196 g/mol. The Morgan fingerprint density at radius 1 is 1.29 bits per heavy atom. The Kier molecular flexibility index (Phi) is 2.94. The Morgan fingerprint density at radius 3 is 2.50 bits per heavy atom. The van der Waals surface area contributed by atoms with E-state index in [4.69, 9.17) is 0 Å². The predicted octanol–water partition coefficient (Wildman–Crippen LogP) is 1.98. The number of carbonyl (C=O) groups excluding carboxylic acids is 1. The molecule has 2 aliphatic carbocycles. The molecule has 0 aromatic rings. The van der Waals surface area contributed by atoms with Crippen LogP contribution in [0.25, 0.3) is 0 Å². The van der Waals surface area contributed by atoms with Crippen molar-refractivity contribution in [3.05, 3.63) is 0 Å². The van der Waals surface area contributed by atoms with Crippen LogP contribution in [0, 0.1) is 5.92 Å². The second kappa shape index (κ2) is 4.20. The van der Waals surface area contributed by atoms with E-state index in [1.807, 2.05) is 11.9 Å². The van der Waals surface area contributed by atoms with Crippen LogP contribution in [0.2, 0.25) is 0 Å². The molecule has 0 unspecified atom stereocenters. The lowest BCUT2D eigenvalue weighted by Gasteiger charge is -2.21. The van der Waals surface area contributed by atoms with Gasteiger partial charge in [-0.2, -0.15) is 0 Å². The van der Waals surface area contributed by atoms with Crippen LogP contribution in [-0.2, 0) is 0 Å². The number of amides is 2. The summed E-state index contributed by atoms with van der Waals surface area (Å²) in [5, 5.41) is 3.01. The van der Waals surface area contributed by atoms with Crippen LogP contribution in [0.4, 0.5) is 4.79 Å². The fourth-order valence-electron chi connectivity index (χ4n) is 2.18. The van der Waals surface area contributed by atoms with Crippen molar-refractivity contribution in [2.45, 2.75) is 44.6 Å². The summed E-state index contributed by atoms with van der Waals surface area (Å²) in [6, 6.07) is 0.605. The molecular weight excluding hydrogens is 176 g/mol. The van der Waals surface area contributed by atoms with Crippen LogP contribution in [0.3, 0.4) is 0 Å². The summed E-state index contributed by atoms with van der Waals surface area (Å²) in [6.45, 7) is 0.943. The van der Waals surface area contributed by atoms with E-state index in [0.717, 1.165) is 12.5 Å². The summed E-state index contributed by atoms with van der Waals surface area (Å²) >= 11 is 0. The molecule has 2 aliphatic rings. The van der Waals surface area contributed by atoms with Gasteiger partial charge >= 0.3 is 6.03 Å². The molecule has 0 aliphatic heterocycles. The van der Waals surface area contributed by atoms with Gasteiger partial charge < -0.3 is 10.2 Å². The van der Waals surface area contributed by atoms with Gasteiger partial charge in [-0.3, -0.25) is 0 Å². The zero-order valence-electron chi connectivity index (χ0n) is 8.96. The Morgan fingerprint density at radius 2 is 1.93 bits per heavy atom. The third-order valence-corrected chi connectivity index (χ3v) is 3.26. The Labute approximate surface area is 85.8 Å².